The first kappa shape index (κ1) is 23.4. The summed E-state index contributed by atoms with van der Waals surface area (Å²) in [6, 6.07) is 13.2. The monoisotopic (exact) mass is 453 g/mol. The van der Waals surface area contributed by atoms with Crippen molar-refractivity contribution in [3.63, 3.8) is 0 Å². The highest BCUT2D eigenvalue weighted by molar-refractivity contribution is 5.64. The van der Waals surface area contributed by atoms with Gasteiger partial charge in [0.05, 0.1) is 13.7 Å². The van der Waals surface area contributed by atoms with Crippen LogP contribution in [0, 0.1) is 5.82 Å². The summed E-state index contributed by atoms with van der Waals surface area (Å²) >= 11 is 0. The van der Waals surface area contributed by atoms with Crippen LogP contribution in [0.25, 0.3) is 5.70 Å². The van der Waals surface area contributed by atoms with Crippen LogP contribution in [0.5, 0.6) is 11.5 Å². The molecule has 6 heteroatoms. The van der Waals surface area contributed by atoms with Gasteiger partial charge in [0, 0.05) is 49.7 Å². The van der Waals surface area contributed by atoms with Crippen LogP contribution >= 0.6 is 0 Å². The molecule has 0 aliphatic carbocycles. The molecule has 4 rings (SSSR count). The van der Waals surface area contributed by atoms with E-state index in [-0.39, 0.29) is 5.82 Å². The van der Waals surface area contributed by atoms with Gasteiger partial charge < -0.3 is 24.2 Å². The quantitative estimate of drug-likeness (QED) is 0.505. The Morgan fingerprint density at radius 2 is 1.61 bits per heavy atom. The van der Waals surface area contributed by atoms with Gasteiger partial charge in [-0.25, -0.2) is 4.39 Å². The number of nitrogens with zero attached hydrogens (tertiary/aromatic N) is 3. The fourth-order valence-corrected chi connectivity index (χ4v) is 4.67. The molecule has 0 N–H and O–H groups in total. The van der Waals surface area contributed by atoms with Crippen LogP contribution in [-0.2, 0) is 0 Å². The van der Waals surface area contributed by atoms with Crippen molar-refractivity contribution < 1.29 is 13.9 Å². The van der Waals surface area contributed by atoms with Crippen molar-refractivity contribution in [1.29, 1.82) is 0 Å². The third-order valence-corrected chi connectivity index (χ3v) is 6.68. The number of halogens is 1. The maximum absolute atomic E-state index is 14.3. The average molecular weight is 454 g/mol. The molecule has 0 bridgehead atoms. The summed E-state index contributed by atoms with van der Waals surface area (Å²) in [7, 11) is 1.59. The zero-order valence-corrected chi connectivity index (χ0v) is 19.8. The van der Waals surface area contributed by atoms with Crippen LogP contribution in [0.2, 0.25) is 0 Å². The topological polar surface area (TPSA) is 28.2 Å². The molecule has 0 aromatic heterocycles. The zero-order chi connectivity index (χ0) is 23.0. The third kappa shape index (κ3) is 6.20. The largest absolute Gasteiger partial charge is 0.497 e. The summed E-state index contributed by atoms with van der Waals surface area (Å²) in [5.74, 6) is 1.30. The molecule has 33 heavy (non-hydrogen) atoms. The summed E-state index contributed by atoms with van der Waals surface area (Å²) in [6.07, 6.45) is 5.12. The molecule has 5 nitrogen and oxygen atoms in total. The molecule has 2 heterocycles. The fraction of sp³-hybridized carbons (Fsp3) is 0.481. The lowest BCUT2D eigenvalue weighted by Gasteiger charge is -2.38. The Balaban J connectivity index is 1.23. The van der Waals surface area contributed by atoms with E-state index in [9.17, 15) is 4.39 Å². The van der Waals surface area contributed by atoms with Crippen molar-refractivity contribution in [2.24, 2.45) is 0 Å². The van der Waals surface area contributed by atoms with Gasteiger partial charge >= 0.3 is 0 Å². The van der Waals surface area contributed by atoms with Crippen molar-refractivity contribution in [2.75, 3.05) is 64.4 Å². The Labute approximate surface area is 197 Å². The first-order chi connectivity index (χ1) is 16.1. The van der Waals surface area contributed by atoms with Gasteiger partial charge in [-0.3, -0.25) is 0 Å². The molecule has 2 aliphatic heterocycles. The van der Waals surface area contributed by atoms with Crippen molar-refractivity contribution >= 4 is 11.4 Å². The Hall–Kier alpha value is -2.73. The molecular formula is C27H36FN3O2. The molecule has 0 saturated carbocycles. The molecule has 2 aliphatic rings. The van der Waals surface area contributed by atoms with Crippen molar-refractivity contribution in [1.82, 2.24) is 9.80 Å². The van der Waals surface area contributed by atoms with Gasteiger partial charge in [0.15, 0.2) is 0 Å². The second-order valence-corrected chi connectivity index (χ2v) is 8.86. The van der Waals surface area contributed by atoms with Gasteiger partial charge in [0.1, 0.15) is 17.3 Å². The van der Waals surface area contributed by atoms with Gasteiger partial charge in [-0.15, -0.1) is 0 Å². The molecule has 178 valence electrons. The van der Waals surface area contributed by atoms with E-state index in [1.54, 1.807) is 19.2 Å². The van der Waals surface area contributed by atoms with E-state index in [2.05, 4.69) is 45.5 Å². The third-order valence-electron chi connectivity index (χ3n) is 6.68. The van der Waals surface area contributed by atoms with Gasteiger partial charge in [-0.2, -0.15) is 0 Å². The standard InChI is InChI=1S/C27H36FN3O2/c1-22(26-21-25(32-2)11-12-27(26)28)30-16-18-31(19-17-30)23-7-9-24(10-8-23)33-20-6-15-29-13-4-3-5-14-29/h7-12,21H,1,3-6,13-20H2,2H3. The van der Waals surface area contributed by atoms with E-state index in [1.165, 1.54) is 44.1 Å². The minimum absolute atomic E-state index is 0.269. The lowest BCUT2D eigenvalue weighted by atomic mass is 10.1. The lowest BCUT2D eigenvalue weighted by Crippen LogP contribution is -2.45. The fourth-order valence-electron chi connectivity index (χ4n) is 4.67. The summed E-state index contributed by atoms with van der Waals surface area (Å²) in [5, 5.41) is 0. The molecule has 2 fully saturated rings. The van der Waals surface area contributed by atoms with E-state index in [0.29, 0.717) is 17.0 Å². The first-order valence-corrected chi connectivity index (χ1v) is 12.1. The summed E-state index contributed by atoms with van der Waals surface area (Å²) in [5.41, 5.74) is 2.40. The minimum Gasteiger partial charge on any atom is -0.497 e. The highest BCUT2D eigenvalue weighted by atomic mass is 19.1. The molecule has 0 atom stereocenters. The maximum atomic E-state index is 14.3. The Morgan fingerprint density at radius 3 is 2.30 bits per heavy atom. The van der Waals surface area contributed by atoms with E-state index in [1.807, 2.05) is 0 Å². The highest BCUT2D eigenvalue weighted by Crippen LogP contribution is 2.27. The maximum Gasteiger partial charge on any atom is 0.132 e. The Bertz CT molecular complexity index is 904. The van der Waals surface area contributed by atoms with E-state index in [0.717, 1.165) is 51.5 Å². The lowest BCUT2D eigenvalue weighted by molar-refractivity contribution is 0.205. The highest BCUT2D eigenvalue weighted by Gasteiger charge is 2.21. The predicted molar refractivity (Wildman–Crippen MR) is 133 cm³/mol. The first-order valence-electron chi connectivity index (χ1n) is 12.1. The number of ether oxygens (including phenoxy) is 2. The van der Waals surface area contributed by atoms with Gasteiger partial charge in [0.25, 0.3) is 0 Å². The number of likely N-dealkylation sites (tertiary alicyclic amines) is 1. The van der Waals surface area contributed by atoms with E-state index >= 15 is 0 Å². The van der Waals surface area contributed by atoms with Gasteiger partial charge in [-0.05, 0) is 74.8 Å². The molecule has 2 aromatic carbocycles. The Kier molecular flexibility index (Phi) is 8.10. The number of piperidine rings is 1. The van der Waals surface area contributed by atoms with Gasteiger partial charge in [0.2, 0.25) is 0 Å². The molecule has 0 radical (unpaired) electrons. The molecule has 0 unspecified atom stereocenters. The molecule has 0 spiro atoms. The summed E-state index contributed by atoms with van der Waals surface area (Å²) in [6.45, 7) is 11.8. The smallest absolute Gasteiger partial charge is 0.132 e. The number of hydrogen-bond acceptors (Lipinski definition) is 5. The predicted octanol–water partition coefficient (Wildman–Crippen LogP) is 4.88. The number of anilines is 1. The second kappa shape index (κ2) is 11.4. The summed E-state index contributed by atoms with van der Waals surface area (Å²) < 4.78 is 25.5. The number of methoxy groups -OCH3 is 1. The molecule has 0 amide bonds. The number of benzene rings is 2. The number of rotatable bonds is 9. The van der Waals surface area contributed by atoms with Crippen LogP contribution in [0.3, 0.4) is 0 Å². The second-order valence-electron chi connectivity index (χ2n) is 8.86. The number of hydrogen-bond donors (Lipinski definition) is 0. The van der Waals surface area contributed by atoms with Crippen molar-refractivity contribution in [2.45, 2.75) is 25.7 Å². The molecule has 2 saturated heterocycles. The average Bonchev–Trinajstić information content (AvgIpc) is 2.88. The van der Waals surface area contributed by atoms with Crippen LogP contribution in [0.4, 0.5) is 10.1 Å². The normalized spacial score (nSPS) is 17.2. The molecule has 2 aromatic rings. The van der Waals surface area contributed by atoms with Crippen molar-refractivity contribution in [3.05, 3.63) is 60.4 Å². The van der Waals surface area contributed by atoms with Crippen molar-refractivity contribution in [3.8, 4) is 11.5 Å². The minimum atomic E-state index is -0.269. The van der Waals surface area contributed by atoms with Crippen LogP contribution in [0.15, 0.2) is 49.0 Å². The van der Waals surface area contributed by atoms with Crippen LogP contribution in [-0.4, -0.2) is 69.3 Å². The van der Waals surface area contributed by atoms with Crippen LogP contribution in [0.1, 0.15) is 31.2 Å². The van der Waals surface area contributed by atoms with E-state index in [4.69, 9.17) is 9.47 Å². The summed E-state index contributed by atoms with van der Waals surface area (Å²) in [4.78, 5) is 7.05. The van der Waals surface area contributed by atoms with Crippen LogP contribution < -0.4 is 14.4 Å². The molecular weight excluding hydrogens is 417 g/mol. The zero-order valence-electron chi connectivity index (χ0n) is 19.8. The SMILES string of the molecule is C=C(c1cc(OC)ccc1F)N1CCN(c2ccc(OCCCN3CCCCC3)cc2)CC1. The van der Waals surface area contributed by atoms with Gasteiger partial charge in [-0.1, -0.05) is 13.0 Å². The van der Waals surface area contributed by atoms with E-state index < -0.39 is 0 Å². The Morgan fingerprint density at radius 1 is 0.909 bits per heavy atom. The number of piperazine rings is 1.